The number of benzene rings is 1. The summed E-state index contributed by atoms with van der Waals surface area (Å²) in [7, 11) is 1.51. The third-order valence-electron chi connectivity index (χ3n) is 6.20. The zero-order valence-electron chi connectivity index (χ0n) is 19.8. The molecule has 1 aromatic carbocycles. The van der Waals surface area contributed by atoms with Crippen molar-refractivity contribution >= 4 is 23.5 Å². The van der Waals surface area contributed by atoms with Crippen LogP contribution in [0.3, 0.4) is 0 Å². The first kappa shape index (κ1) is 26.6. The highest BCUT2D eigenvalue weighted by atomic mass is 35.5. The fourth-order valence-corrected chi connectivity index (χ4v) is 4.13. The number of aromatic nitrogens is 2. The zero-order chi connectivity index (χ0) is 25.8. The van der Waals surface area contributed by atoms with Gasteiger partial charge in [-0.1, -0.05) is 12.0 Å². The van der Waals surface area contributed by atoms with E-state index >= 15 is 0 Å². The van der Waals surface area contributed by atoms with Crippen LogP contribution in [0, 0.1) is 35.3 Å². The van der Waals surface area contributed by atoms with Crippen molar-refractivity contribution in [2.75, 3.05) is 13.7 Å². The van der Waals surface area contributed by atoms with Crippen molar-refractivity contribution in [3.8, 4) is 11.8 Å². The number of carboxylic acid groups (broad SMARTS) is 1. The van der Waals surface area contributed by atoms with Crippen LogP contribution in [0.4, 0.5) is 8.78 Å². The predicted octanol–water partition coefficient (Wildman–Crippen LogP) is 4.26. The van der Waals surface area contributed by atoms with Gasteiger partial charge in [0.15, 0.2) is 11.6 Å². The Morgan fingerprint density at radius 2 is 1.94 bits per heavy atom. The lowest BCUT2D eigenvalue weighted by Crippen LogP contribution is -2.34. The van der Waals surface area contributed by atoms with E-state index in [1.54, 1.807) is 13.8 Å². The number of halogens is 3. The van der Waals surface area contributed by atoms with Gasteiger partial charge in [0.1, 0.15) is 17.0 Å². The van der Waals surface area contributed by atoms with Crippen LogP contribution in [-0.2, 0) is 16.1 Å². The van der Waals surface area contributed by atoms with E-state index in [1.807, 2.05) is 0 Å². The Hall–Kier alpha value is -2.96. The van der Waals surface area contributed by atoms with Gasteiger partial charge in [-0.3, -0.25) is 9.59 Å². The second-order valence-electron chi connectivity index (χ2n) is 9.14. The third-order valence-corrected chi connectivity index (χ3v) is 6.49. The summed E-state index contributed by atoms with van der Waals surface area (Å²) >= 11 is 6.34. The molecular formula is C25H28ClF2N3O4. The van der Waals surface area contributed by atoms with E-state index in [2.05, 4.69) is 22.1 Å². The molecular weight excluding hydrogens is 480 g/mol. The SMILES string of the molecule is COC(C)(C)C#Cc1nc(Cl)n(Cc2ccc(F)c(F)c2)c1C(=O)NC[C@H]1CC[C@H](C(=O)O)CC1. The van der Waals surface area contributed by atoms with Gasteiger partial charge in [-0.25, -0.2) is 13.8 Å². The maximum Gasteiger partial charge on any atom is 0.306 e. The molecule has 0 atom stereocenters. The van der Waals surface area contributed by atoms with Crippen LogP contribution in [-0.4, -0.2) is 45.8 Å². The number of nitrogens with zero attached hydrogens (tertiary/aromatic N) is 2. The average Bonchev–Trinajstić information content (AvgIpc) is 3.13. The van der Waals surface area contributed by atoms with Crippen molar-refractivity contribution in [1.29, 1.82) is 0 Å². The topological polar surface area (TPSA) is 93.5 Å². The van der Waals surface area contributed by atoms with Crippen molar-refractivity contribution in [2.45, 2.75) is 51.7 Å². The van der Waals surface area contributed by atoms with Gasteiger partial charge in [-0.05, 0) is 80.7 Å². The van der Waals surface area contributed by atoms with E-state index in [0.717, 1.165) is 12.1 Å². The summed E-state index contributed by atoms with van der Waals surface area (Å²) in [6.45, 7) is 3.85. The van der Waals surface area contributed by atoms with Crippen LogP contribution in [0.25, 0.3) is 0 Å². The van der Waals surface area contributed by atoms with Crippen LogP contribution in [0.2, 0.25) is 5.28 Å². The van der Waals surface area contributed by atoms with E-state index in [0.29, 0.717) is 37.8 Å². The molecule has 0 unspecified atom stereocenters. The molecule has 1 saturated carbocycles. The second-order valence-corrected chi connectivity index (χ2v) is 9.48. The average molecular weight is 508 g/mol. The summed E-state index contributed by atoms with van der Waals surface area (Å²) in [6, 6.07) is 3.44. The van der Waals surface area contributed by atoms with E-state index in [-0.39, 0.29) is 35.1 Å². The molecule has 35 heavy (non-hydrogen) atoms. The van der Waals surface area contributed by atoms with E-state index < -0.39 is 29.1 Å². The van der Waals surface area contributed by atoms with Gasteiger partial charge in [-0.15, -0.1) is 0 Å². The Bertz CT molecular complexity index is 1160. The molecule has 1 fully saturated rings. The van der Waals surface area contributed by atoms with Crippen LogP contribution >= 0.6 is 11.6 Å². The molecule has 1 aliphatic carbocycles. The molecule has 2 N–H and O–H groups in total. The molecule has 0 radical (unpaired) electrons. The van der Waals surface area contributed by atoms with Gasteiger partial charge in [0.25, 0.3) is 5.91 Å². The van der Waals surface area contributed by atoms with Gasteiger partial charge >= 0.3 is 5.97 Å². The van der Waals surface area contributed by atoms with Crippen molar-refractivity contribution in [1.82, 2.24) is 14.9 Å². The number of carbonyl (C=O) groups excluding carboxylic acids is 1. The quantitative estimate of drug-likeness (QED) is 0.546. The molecule has 188 valence electrons. The molecule has 1 heterocycles. The van der Waals surface area contributed by atoms with Gasteiger partial charge in [0.2, 0.25) is 5.28 Å². The lowest BCUT2D eigenvalue weighted by atomic mass is 9.82. The highest BCUT2D eigenvalue weighted by Gasteiger charge is 2.28. The molecule has 0 bridgehead atoms. The van der Waals surface area contributed by atoms with Gasteiger partial charge in [0.05, 0.1) is 12.5 Å². The molecule has 0 spiro atoms. The van der Waals surface area contributed by atoms with Crippen molar-refractivity contribution in [3.63, 3.8) is 0 Å². The molecule has 3 rings (SSSR count). The number of hydrogen-bond acceptors (Lipinski definition) is 4. The smallest absolute Gasteiger partial charge is 0.306 e. The second kappa shape index (κ2) is 11.2. The number of methoxy groups -OCH3 is 1. The van der Waals surface area contributed by atoms with Crippen LogP contribution in [0.1, 0.15) is 61.3 Å². The van der Waals surface area contributed by atoms with Gasteiger partial charge in [0, 0.05) is 13.7 Å². The fourth-order valence-electron chi connectivity index (χ4n) is 3.90. The molecule has 10 heteroatoms. The zero-order valence-corrected chi connectivity index (χ0v) is 20.6. The lowest BCUT2D eigenvalue weighted by Gasteiger charge is -2.26. The first-order chi connectivity index (χ1) is 16.5. The fraction of sp³-hybridized carbons (Fsp3) is 0.480. The summed E-state index contributed by atoms with van der Waals surface area (Å²) in [6.07, 6.45) is 2.53. The Morgan fingerprint density at radius 1 is 1.26 bits per heavy atom. The number of imidazole rings is 1. The number of nitrogens with one attached hydrogen (secondary N) is 1. The Labute approximate surface area is 207 Å². The Morgan fingerprint density at radius 3 is 2.54 bits per heavy atom. The number of aliphatic carboxylic acids is 1. The Kier molecular flexibility index (Phi) is 8.51. The van der Waals surface area contributed by atoms with Gasteiger partial charge in [-0.2, -0.15) is 0 Å². The Balaban J connectivity index is 1.86. The van der Waals surface area contributed by atoms with Crippen molar-refractivity contribution in [3.05, 3.63) is 52.1 Å². The van der Waals surface area contributed by atoms with Crippen molar-refractivity contribution < 1.29 is 28.2 Å². The molecule has 2 aromatic rings. The monoisotopic (exact) mass is 507 g/mol. The van der Waals surface area contributed by atoms with Crippen LogP contribution in [0.5, 0.6) is 0 Å². The predicted molar refractivity (Wildman–Crippen MR) is 126 cm³/mol. The van der Waals surface area contributed by atoms with E-state index in [9.17, 15) is 23.5 Å². The summed E-state index contributed by atoms with van der Waals surface area (Å²) in [5, 5.41) is 12.0. The minimum atomic E-state index is -1.01. The standard InChI is InChI=1S/C25H28ClF2N3O4/c1-25(2,35-3)11-10-20-21(22(32)29-13-15-4-7-17(8-5-15)23(33)34)31(24(26)30-20)14-16-6-9-18(27)19(28)12-16/h6,9,12,15,17H,4-5,7-8,13-14H2,1-3H3,(H,29,32)(H,33,34)/t15-,17-. The first-order valence-corrected chi connectivity index (χ1v) is 11.7. The largest absolute Gasteiger partial charge is 0.481 e. The number of ether oxygens (including phenoxy) is 1. The molecule has 7 nitrogen and oxygen atoms in total. The minimum absolute atomic E-state index is 0.0230. The number of carbonyl (C=O) groups is 2. The molecule has 0 saturated heterocycles. The summed E-state index contributed by atoms with van der Waals surface area (Å²) in [4.78, 5) is 28.7. The normalized spacial score (nSPS) is 18.0. The number of carboxylic acids is 1. The highest BCUT2D eigenvalue weighted by Crippen LogP contribution is 2.28. The van der Waals surface area contributed by atoms with Crippen LogP contribution in [0.15, 0.2) is 18.2 Å². The van der Waals surface area contributed by atoms with Gasteiger partial charge < -0.3 is 19.7 Å². The summed E-state index contributed by atoms with van der Waals surface area (Å²) < 4.78 is 33.8. The third kappa shape index (κ3) is 6.80. The summed E-state index contributed by atoms with van der Waals surface area (Å²) in [5.74, 6) is 2.33. The summed E-state index contributed by atoms with van der Waals surface area (Å²) in [5.41, 5.74) is -0.179. The molecule has 1 amide bonds. The minimum Gasteiger partial charge on any atom is -0.481 e. The lowest BCUT2D eigenvalue weighted by molar-refractivity contribution is -0.143. The first-order valence-electron chi connectivity index (χ1n) is 11.3. The number of rotatable bonds is 7. The highest BCUT2D eigenvalue weighted by molar-refractivity contribution is 6.29. The maximum atomic E-state index is 13.8. The maximum absolute atomic E-state index is 13.8. The van der Waals surface area contributed by atoms with E-state index in [4.69, 9.17) is 16.3 Å². The molecule has 1 aliphatic rings. The number of hydrogen-bond donors (Lipinski definition) is 2. The van der Waals surface area contributed by atoms with Crippen LogP contribution < -0.4 is 5.32 Å². The molecule has 0 aliphatic heterocycles. The van der Waals surface area contributed by atoms with E-state index in [1.165, 1.54) is 17.7 Å². The van der Waals surface area contributed by atoms with Crippen molar-refractivity contribution in [2.24, 2.45) is 11.8 Å². The number of amides is 1. The molecule has 1 aromatic heterocycles.